The van der Waals surface area contributed by atoms with E-state index in [0.717, 1.165) is 0 Å². The maximum absolute atomic E-state index is 11.5. The fraction of sp³-hybridized carbons (Fsp3) is 0.692. The van der Waals surface area contributed by atoms with Crippen LogP contribution < -0.4 is 5.32 Å². The Morgan fingerprint density at radius 3 is 2.76 bits per heavy atom. The number of hydrogen-bond donors (Lipinski definition) is 1. The molecule has 2 saturated heterocycles. The van der Waals surface area contributed by atoms with Crippen LogP contribution in [0.3, 0.4) is 0 Å². The van der Waals surface area contributed by atoms with Crippen molar-refractivity contribution in [3.8, 4) is 0 Å². The van der Waals surface area contributed by atoms with Crippen LogP contribution in [0.4, 0.5) is 4.79 Å². The van der Waals surface area contributed by atoms with E-state index in [0.29, 0.717) is 13.0 Å². The maximum Gasteiger partial charge on any atom is 0.407 e. The summed E-state index contributed by atoms with van der Waals surface area (Å²) >= 11 is 2.07. The van der Waals surface area contributed by atoms with E-state index >= 15 is 0 Å². The zero-order valence-corrected chi connectivity index (χ0v) is 14.0. The van der Waals surface area contributed by atoms with Gasteiger partial charge in [0.1, 0.15) is 11.7 Å². The molecule has 1 spiro atoms. The fourth-order valence-corrected chi connectivity index (χ4v) is 2.88. The molecule has 0 aliphatic carbocycles. The first-order chi connectivity index (χ1) is 10.0. The minimum atomic E-state index is -0.565. The number of nitrogens with one attached hydrogen (secondary N) is 1. The molecule has 0 unspecified atom stereocenters. The van der Waals surface area contributed by atoms with E-state index < -0.39 is 23.9 Å². The summed E-state index contributed by atoms with van der Waals surface area (Å²) in [5.41, 5.74) is -0.565. The number of halogens is 1. The highest BCUT2D eigenvalue weighted by Crippen LogP contribution is 2.45. The Morgan fingerprint density at radius 1 is 1.52 bits per heavy atom. The number of carbonyl (C=O) groups excluding carboxylic acids is 2. The van der Waals surface area contributed by atoms with E-state index in [9.17, 15) is 9.59 Å². The third kappa shape index (κ3) is 3.86. The molecule has 2 aliphatic heterocycles. The molecule has 2 aliphatic rings. The number of methoxy groups -OCH3 is 1. The van der Waals surface area contributed by atoms with Gasteiger partial charge < -0.3 is 24.3 Å². The van der Waals surface area contributed by atoms with Crippen LogP contribution >= 0.6 is 22.6 Å². The molecule has 0 aromatic heterocycles. The van der Waals surface area contributed by atoms with Gasteiger partial charge in [0.25, 0.3) is 0 Å². The normalized spacial score (nSPS) is 34.7. The second-order valence-corrected chi connectivity index (χ2v) is 5.67. The van der Waals surface area contributed by atoms with Gasteiger partial charge in [0, 0.05) is 13.5 Å². The predicted molar refractivity (Wildman–Crippen MR) is 81.1 cm³/mol. The molecular formula is C13H18INO6. The Bertz CT molecular complexity index is 436. The van der Waals surface area contributed by atoms with Crippen molar-refractivity contribution in [3.63, 3.8) is 0 Å². The summed E-state index contributed by atoms with van der Waals surface area (Å²) in [6.45, 7) is 0.487. The Labute approximate surface area is 136 Å². The van der Waals surface area contributed by atoms with E-state index in [1.807, 2.05) is 0 Å². The molecule has 0 bridgehead atoms. The van der Waals surface area contributed by atoms with Crippen LogP contribution in [0.5, 0.6) is 0 Å². The standard InChI is InChI=1S/C13H18INO6/c1-15-12(17)21-11-9(3-4-14)20-8(5-10(16)18-2)6-13(11)7-19-13/h3-4,8-9,11H,5-7H2,1-2H3,(H,15,17)/b4-3+/t8-,9-,11-,13-/m1/s1. The summed E-state index contributed by atoms with van der Waals surface area (Å²) in [6.07, 6.45) is 0.609. The van der Waals surface area contributed by atoms with E-state index in [1.54, 1.807) is 10.2 Å². The first-order valence-electron chi connectivity index (χ1n) is 6.56. The summed E-state index contributed by atoms with van der Waals surface area (Å²) in [5, 5.41) is 2.42. The van der Waals surface area contributed by atoms with Crippen molar-refractivity contribution >= 4 is 34.7 Å². The van der Waals surface area contributed by atoms with Crippen molar-refractivity contribution in [3.05, 3.63) is 10.2 Å². The average Bonchev–Trinajstić information content (AvgIpc) is 3.22. The Kier molecular flexibility index (Phi) is 5.44. The number of epoxide rings is 1. The minimum absolute atomic E-state index is 0.153. The number of esters is 1. The summed E-state index contributed by atoms with van der Waals surface area (Å²) in [7, 11) is 2.84. The molecule has 0 aromatic rings. The van der Waals surface area contributed by atoms with Crippen LogP contribution in [0.15, 0.2) is 10.2 Å². The predicted octanol–water partition coefficient (Wildman–Crippen LogP) is 1.15. The lowest BCUT2D eigenvalue weighted by molar-refractivity contribution is -0.157. The van der Waals surface area contributed by atoms with Gasteiger partial charge in [-0.25, -0.2) is 4.79 Å². The monoisotopic (exact) mass is 411 g/mol. The van der Waals surface area contributed by atoms with E-state index in [1.165, 1.54) is 14.2 Å². The molecule has 4 atom stereocenters. The molecule has 21 heavy (non-hydrogen) atoms. The van der Waals surface area contributed by atoms with Crippen LogP contribution in [0.1, 0.15) is 12.8 Å². The van der Waals surface area contributed by atoms with Crippen molar-refractivity contribution in [2.75, 3.05) is 20.8 Å². The zero-order valence-electron chi connectivity index (χ0n) is 11.8. The quantitative estimate of drug-likeness (QED) is 0.425. The highest BCUT2D eigenvalue weighted by molar-refractivity contribution is 14.1. The van der Waals surface area contributed by atoms with Crippen molar-refractivity contribution in [2.45, 2.75) is 36.8 Å². The first kappa shape index (κ1) is 16.5. The molecule has 2 heterocycles. The number of ether oxygens (including phenoxy) is 4. The first-order valence-corrected chi connectivity index (χ1v) is 7.80. The van der Waals surface area contributed by atoms with Gasteiger partial charge >= 0.3 is 12.1 Å². The fourth-order valence-electron chi connectivity index (χ4n) is 2.47. The highest BCUT2D eigenvalue weighted by Gasteiger charge is 2.61. The van der Waals surface area contributed by atoms with Crippen LogP contribution in [-0.4, -0.2) is 56.7 Å². The summed E-state index contributed by atoms with van der Waals surface area (Å²) in [4.78, 5) is 22.9. The Hall–Kier alpha value is -0.870. The lowest BCUT2D eigenvalue weighted by atomic mass is 9.87. The van der Waals surface area contributed by atoms with Gasteiger partial charge in [0.15, 0.2) is 6.10 Å². The second kappa shape index (κ2) is 6.93. The minimum Gasteiger partial charge on any atom is -0.469 e. The molecule has 8 heteroatoms. The van der Waals surface area contributed by atoms with Crippen LogP contribution in [0, 0.1) is 0 Å². The molecule has 0 saturated carbocycles. The van der Waals surface area contributed by atoms with Gasteiger partial charge in [-0.3, -0.25) is 4.79 Å². The number of rotatable bonds is 4. The molecule has 118 valence electrons. The molecule has 7 nitrogen and oxygen atoms in total. The molecule has 2 fully saturated rings. The van der Waals surface area contributed by atoms with Crippen molar-refractivity contribution in [2.24, 2.45) is 0 Å². The van der Waals surface area contributed by atoms with Gasteiger partial charge in [0.2, 0.25) is 0 Å². The van der Waals surface area contributed by atoms with Gasteiger partial charge in [-0.1, -0.05) is 22.6 Å². The molecule has 0 aromatic carbocycles. The Balaban J connectivity index is 2.11. The van der Waals surface area contributed by atoms with Gasteiger partial charge in [-0.05, 0) is 10.2 Å². The molecule has 2 rings (SSSR count). The van der Waals surface area contributed by atoms with Gasteiger partial charge in [0.05, 0.1) is 26.2 Å². The van der Waals surface area contributed by atoms with E-state index in [4.69, 9.17) is 14.2 Å². The van der Waals surface area contributed by atoms with Crippen LogP contribution in [-0.2, 0) is 23.7 Å². The van der Waals surface area contributed by atoms with Crippen molar-refractivity contribution in [1.29, 1.82) is 0 Å². The largest absolute Gasteiger partial charge is 0.469 e. The highest BCUT2D eigenvalue weighted by atomic mass is 127. The number of hydrogen-bond acceptors (Lipinski definition) is 6. The zero-order chi connectivity index (χ0) is 15.5. The van der Waals surface area contributed by atoms with Gasteiger partial charge in [-0.2, -0.15) is 0 Å². The average molecular weight is 411 g/mol. The second-order valence-electron chi connectivity index (χ2n) is 4.95. The topological polar surface area (TPSA) is 86.4 Å². The third-order valence-electron chi connectivity index (χ3n) is 3.58. The molecule has 1 N–H and O–H groups in total. The lowest BCUT2D eigenvalue weighted by Gasteiger charge is -2.38. The smallest absolute Gasteiger partial charge is 0.407 e. The van der Waals surface area contributed by atoms with Gasteiger partial charge in [-0.15, -0.1) is 0 Å². The van der Waals surface area contributed by atoms with E-state index in [-0.39, 0.29) is 18.5 Å². The number of amides is 1. The maximum atomic E-state index is 11.5. The lowest BCUT2D eigenvalue weighted by Crippen LogP contribution is -2.53. The summed E-state index contributed by atoms with van der Waals surface area (Å²) in [5.74, 6) is -0.335. The SMILES string of the molecule is CNC(=O)O[C@@H]1[C@@H](/C=C/I)O[C@H](CC(=O)OC)C[C@@]12CO2. The van der Waals surface area contributed by atoms with Crippen molar-refractivity contribution < 1.29 is 28.5 Å². The number of carbonyl (C=O) groups is 2. The summed E-state index contributed by atoms with van der Waals surface area (Å²) in [6, 6.07) is 0. The molecular weight excluding hydrogens is 393 g/mol. The molecule has 1 amide bonds. The van der Waals surface area contributed by atoms with Crippen molar-refractivity contribution in [1.82, 2.24) is 5.32 Å². The third-order valence-corrected chi connectivity index (χ3v) is 3.99. The van der Waals surface area contributed by atoms with Crippen LogP contribution in [0.2, 0.25) is 0 Å². The number of alkyl carbamates (subject to hydrolysis) is 1. The Morgan fingerprint density at radius 2 is 2.24 bits per heavy atom. The van der Waals surface area contributed by atoms with E-state index in [2.05, 4.69) is 32.6 Å². The van der Waals surface area contributed by atoms with Crippen LogP contribution in [0.25, 0.3) is 0 Å². The summed E-state index contributed by atoms with van der Waals surface area (Å²) < 4.78 is 23.3. The molecule has 0 radical (unpaired) electrons.